The summed E-state index contributed by atoms with van der Waals surface area (Å²) in [6, 6.07) is 6.34. The number of anilines is 1. The van der Waals surface area contributed by atoms with Gasteiger partial charge in [-0.15, -0.1) is 0 Å². The molecule has 2 bridgehead atoms. The summed E-state index contributed by atoms with van der Waals surface area (Å²) in [5.41, 5.74) is 1.11. The number of carbonyl (C=O) groups is 2. The Morgan fingerprint density at radius 3 is 2.54 bits per heavy atom. The summed E-state index contributed by atoms with van der Waals surface area (Å²) < 4.78 is 5.62. The molecule has 2 aliphatic rings. The van der Waals surface area contributed by atoms with Crippen molar-refractivity contribution in [1.29, 1.82) is 0 Å². The molecule has 2 heterocycles. The highest BCUT2D eigenvalue weighted by Crippen LogP contribution is 2.33. The van der Waals surface area contributed by atoms with E-state index in [-0.39, 0.29) is 11.8 Å². The zero-order chi connectivity index (χ0) is 18.7. The molecular weight excluding hydrogens is 330 g/mol. The number of rotatable bonds is 6. The number of nitrogens with zero attached hydrogens (tertiary/aromatic N) is 1. The Morgan fingerprint density at radius 1 is 1.23 bits per heavy atom. The molecule has 1 aromatic carbocycles. The summed E-state index contributed by atoms with van der Waals surface area (Å²) in [4.78, 5) is 26.3. The summed E-state index contributed by atoms with van der Waals surface area (Å²) in [6.45, 7) is 2.40. The number of nitrogens with one attached hydrogen (secondary N) is 2. The van der Waals surface area contributed by atoms with Crippen LogP contribution in [0.5, 0.6) is 5.75 Å². The highest BCUT2D eigenvalue weighted by molar-refractivity contribution is 5.98. The van der Waals surface area contributed by atoms with Gasteiger partial charge in [-0.2, -0.15) is 0 Å². The van der Waals surface area contributed by atoms with Gasteiger partial charge < -0.3 is 20.3 Å². The lowest BCUT2D eigenvalue weighted by atomic mass is 9.89. The van der Waals surface area contributed by atoms with E-state index in [2.05, 4.69) is 10.6 Å². The fourth-order valence-electron chi connectivity index (χ4n) is 4.11. The molecule has 2 saturated heterocycles. The first kappa shape index (κ1) is 18.7. The second kappa shape index (κ2) is 8.08. The SMILES string of the molecule is CCOc1ccc(C(=O)N(C)C)cc1NC(=O)CC1CC2CCC(C1)N2. The highest BCUT2D eigenvalue weighted by atomic mass is 16.5. The maximum absolute atomic E-state index is 12.6. The first-order valence-electron chi connectivity index (χ1n) is 9.50. The minimum absolute atomic E-state index is 0.00768. The van der Waals surface area contributed by atoms with E-state index < -0.39 is 0 Å². The van der Waals surface area contributed by atoms with E-state index in [1.54, 1.807) is 32.3 Å². The van der Waals surface area contributed by atoms with Crippen LogP contribution < -0.4 is 15.4 Å². The van der Waals surface area contributed by atoms with Gasteiger partial charge in [0.2, 0.25) is 5.91 Å². The zero-order valence-electron chi connectivity index (χ0n) is 15.9. The lowest BCUT2D eigenvalue weighted by Crippen LogP contribution is -2.39. The molecule has 2 atom stereocenters. The first-order chi connectivity index (χ1) is 12.5. The largest absolute Gasteiger partial charge is 0.492 e. The number of hydrogen-bond donors (Lipinski definition) is 2. The second-order valence-corrected chi connectivity index (χ2v) is 7.57. The normalized spacial score (nSPS) is 24.2. The summed E-state index contributed by atoms with van der Waals surface area (Å²) in [5.74, 6) is 0.919. The third-order valence-electron chi connectivity index (χ3n) is 5.25. The minimum atomic E-state index is -0.0986. The van der Waals surface area contributed by atoms with Crippen LogP contribution >= 0.6 is 0 Å². The molecule has 0 radical (unpaired) electrons. The number of carbonyl (C=O) groups excluding carboxylic acids is 2. The Balaban J connectivity index is 1.69. The summed E-state index contributed by atoms with van der Waals surface area (Å²) in [6.07, 6.45) is 5.12. The van der Waals surface area contributed by atoms with Gasteiger partial charge in [-0.25, -0.2) is 0 Å². The summed E-state index contributed by atoms with van der Waals surface area (Å²) in [5, 5.41) is 6.58. The zero-order valence-corrected chi connectivity index (χ0v) is 15.9. The quantitative estimate of drug-likeness (QED) is 0.819. The highest BCUT2D eigenvalue weighted by Gasteiger charge is 2.34. The van der Waals surface area contributed by atoms with Crippen molar-refractivity contribution in [3.8, 4) is 5.75 Å². The topological polar surface area (TPSA) is 70.7 Å². The monoisotopic (exact) mass is 359 g/mol. The van der Waals surface area contributed by atoms with E-state index in [1.165, 1.54) is 17.7 Å². The third-order valence-corrected chi connectivity index (χ3v) is 5.25. The molecule has 2 unspecified atom stereocenters. The fourth-order valence-corrected chi connectivity index (χ4v) is 4.11. The van der Waals surface area contributed by atoms with Crippen LogP contribution in [0.3, 0.4) is 0 Å². The Hall–Kier alpha value is -2.08. The molecular formula is C20H29N3O3. The molecule has 0 saturated carbocycles. The number of hydrogen-bond acceptors (Lipinski definition) is 4. The van der Waals surface area contributed by atoms with Crippen molar-refractivity contribution in [3.63, 3.8) is 0 Å². The lowest BCUT2D eigenvalue weighted by Gasteiger charge is -2.28. The first-order valence-corrected chi connectivity index (χ1v) is 9.50. The average Bonchev–Trinajstić information content (AvgIpc) is 2.94. The van der Waals surface area contributed by atoms with E-state index in [0.29, 0.717) is 48.0 Å². The molecule has 142 valence electrons. The summed E-state index contributed by atoms with van der Waals surface area (Å²) >= 11 is 0. The number of piperidine rings is 1. The molecule has 0 spiro atoms. The van der Waals surface area contributed by atoms with E-state index >= 15 is 0 Å². The third kappa shape index (κ3) is 4.36. The molecule has 2 N–H and O–H groups in total. The second-order valence-electron chi connectivity index (χ2n) is 7.57. The van der Waals surface area contributed by atoms with Gasteiger partial charge in [-0.1, -0.05) is 0 Å². The van der Waals surface area contributed by atoms with E-state index in [0.717, 1.165) is 12.8 Å². The van der Waals surface area contributed by atoms with Crippen molar-refractivity contribution >= 4 is 17.5 Å². The van der Waals surface area contributed by atoms with Gasteiger partial charge in [0.05, 0.1) is 12.3 Å². The average molecular weight is 359 g/mol. The maximum atomic E-state index is 12.6. The van der Waals surface area contributed by atoms with Crippen molar-refractivity contribution in [3.05, 3.63) is 23.8 Å². The van der Waals surface area contributed by atoms with Gasteiger partial charge in [0.25, 0.3) is 5.91 Å². The molecule has 6 nitrogen and oxygen atoms in total. The van der Waals surface area contributed by atoms with E-state index in [9.17, 15) is 9.59 Å². The lowest BCUT2D eigenvalue weighted by molar-refractivity contribution is -0.117. The Kier molecular flexibility index (Phi) is 5.81. The van der Waals surface area contributed by atoms with Gasteiger partial charge in [-0.3, -0.25) is 9.59 Å². The van der Waals surface area contributed by atoms with Crippen molar-refractivity contribution in [1.82, 2.24) is 10.2 Å². The van der Waals surface area contributed by atoms with Gasteiger partial charge in [-0.05, 0) is 56.7 Å². The Bertz CT molecular complexity index is 662. The molecule has 2 amide bonds. The minimum Gasteiger partial charge on any atom is -0.492 e. The predicted octanol–water partition coefficient (Wildman–Crippen LogP) is 2.65. The van der Waals surface area contributed by atoms with Gasteiger partial charge >= 0.3 is 0 Å². The molecule has 1 aromatic rings. The maximum Gasteiger partial charge on any atom is 0.253 e. The molecule has 2 aliphatic heterocycles. The molecule has 6 heteroatoms. The van der Waals surface area contributed by atoms with Crippen LogP contribution in [0.1, 0.15) is 49.4 Å². The van der Waals surface area contributed by atoms with Crippen molar-refractivity contribution < 1.29 is 14.3 Å². The van der Waals surface area contributed by atoms with Crippen LogP contribution in [0.15, 0.2) is 18.2 Å². The van der Waals surface area contributed by atoms with E-state index in [4.69, 9.17) is 4.74 Å². The fraction of sp³-hybridized carbons (Fsp3) is 0.600. The van der Waals surface area contributed by atoms with Crippen molar-refractivity contribution in [2.45, 2.75) is 51.1 Å². The van der Waals surface area contributed by atoms with Gasteiger partial charge in [0, 0.05) is 38.2 Å². The smallest absolute Gasteiger partial charge is 0.253 e. The van der Waals surface area contributed by atoms with Gasteiger partial charge in [0.15, 0.2) is 0 Å². The van der Waals surface area contributed by atoms with E-state index in [1.807, 2.05) is 6.92 Å². The Morgan fingerprint density at radius 2 is 1.92 bits per heavy atom. The van der Waals surface area contributed by atoms with Crippen LogP contribution in [0, 0.1) is 5.92 Å². The molecule has 3 rings (SSSR count). The van der Waals surface area contributed by atoms with Crippen LogP contribution in [-0.4, -0.2) is 49.5 Å². The van der Waals surface area contributed by atoms with Crippen LogP contribution in [0.4, 0.5) is 5.69 Å². The molecule has 2 fully saturated rings. The van der Waals surface area contributed by atoms with Gasteiger partial charge in [0.1, 0.15) is 5.75 Å². The van der Waals surface area contributed by atoms with Crippen LogP contribution in [0.2, 0.25) is 0 Å². The summed E-state index contributed by atoms with van der Waals surface area (Å²) in [7, 11) is 3.42. The number of ether oxygens (including phenoxy) is 1. The predicted molar refractivity (Wildman–Crippen MR) is 102 cm³/mol. The molecule has 0 aliphatic carbocycles. The number of fused-ring (bicyclic) bond motifs is 2. The van der Waals surface area contributed by atoms with Crippen LogP contribution in [0.25, 0.3) is 0 Å². The molecule has 26 heavy (non-hydrogen) atoms. The van der Waals surface area contributed by atoms with Crippen molar-refractivity contribution in [2.75, 3.05) is 26.0 Å². The van der Waals surface area contributed by atoms with Crippen LogP contribution in [-0.2, 0) is 4.79 Å². The standard InChI is InChI=1S/C20H29N3O3/c1-4-26-18-8-5-14(20(25)23(2)3)12-17(18)22-19(24)11-13-9-15-6-7-16(10-13)21-15/h5,8,12-13,15-16,21H,4,6-7,9-11H2,1-3H3,(H,22,24). The Labute approximate surface area is 155 Å². The van der Waals surface area contributed by atoms with Crippen molar-refractivity contribution in [2.24, 2.45) is 5.92 Å². The molecule has 0 aromatic heterocycles. The number of amides is 2. The number of benzene rings is 1.